The summed E-state index contributed by atoms with van der Waals surface area (Å²) in [4.78, 5) is 26.6. The van der Waals surface area contributed by atoms with Crippen LogP contribution < -0.4 is 11.0 Å². The summed E-state index contributed by atoms with van der Waals surface area (Å²) in [5.74, 6) is 0. The molecule has 2 N–H and O–H groups in total. The summed E-state index contributed by atoms with van der Waals surface area (Å²) in [5, 5.41) is 3.40. The summed E-state index contributed by atoms with van der Waals surface area (Å²) in [7, 11) is 0. The van der Waals surface area contributed by atoms with Gasteiger partial charge in [-0.1, -0.05) is 18.6 Å². The number of aromatic nitrogens is 2. The number of H-pyrrole nitrogens is 1. The second-order valence-electron chi connectivity index (χ2n) is 5.33. The van der Waals surface area contributed by atoms with Gasteiger partial charge in [-0.2, -0.15) is 4.57 Å². The number of aromatic amines is 1. The number of para-hydroxylation sites is 2. The Morgan fingerprint density at radius 2 is 2.19 bits per heavy atom. The summed E-state index contributed by atoms with van der Waals surface area (Å²) in [6.07, 6.45) is 3.70. The van der Waals surface area contributed by atoms with Crippen molar-refractivity contribution >= 4 is 17.1 Å². The number of hydrogen-bond donors (Lipinski definition) is 2. The highest BCUT2D eigenvalue weighted by molar-refractivity contribution is 5.86. The van der Waals surface area contributed by atoms with Crippen LogP contribution in [0.5, 0.6) is 0 Å². The molecular formula is C15H19N3O3. The number of hydrogen-bond acceptors (Lipinski definition) is 4. The molecule has 1 saturated heterocycles. The second-order valence-corrected chi connectivity index (χ2v) is 5.33. The van der Waals surface area contributed by atoms with E-state index in [4.69, 9.17) is 4.74 Å². The van der Waals surface area contributed by atoms with Gasteiger partial charge in [-0.25, -0.2) is 9.59 Å². The maximum Gasteiger partial charge on any atom is 0.422 e. The molecule has 6 nitrogen and oxygen atoms in total. The van der Waals surface area contributed by atoms with Crippen molar-refractivity contribution in [1.82, 2.24) is 14.9 Å². The largest absolute Gasteiger partial charge is 0.449 e. The van der Waals surface area contributed by atoms with Gasteiger partial charge in [0.1, 0.15) is 0 Å². The standard InChI is InChI=1S/C15H19N3O3/c19-14-17-12-6-1-2-7-13(12)18(14)15(20)21-10-8-11-5-3-4-9-16-11/h1-2,6-7,11,16H,3-5,8-10H2,(H,17,19). The molecule has 2 aromatic rings. The predicted octanol–water partition coefficient (Wildman–Crippen LogP) is 1.85. The topological polar surface area (TPSA) is 76.1 Å². The molecule has 21 heavy (non-hydrogen) atoms. The lowest BCUT2D eigenvalue weighted by Gasteiger charge is -2.22. The average molecular weight is 289 g/mol. The van der Waals surface area contributed by atoms with E-state index in [2.05, 4.69) is 10.3 Å². The molecule has 1 aromatic heterocycles. The van der Waals surface area contributed by atoms with Gasteiger partial charge >= 0.3 is 11.8 Å². The summed E-state index contributed by atoms with van der Waals surface area (Å²) >= 11 is 0. The van der Waals surface area contributed by atoms with E-state index in [1.54, 1.807) is 18.2 Å². The minimum atomic E-state index is -0.617. The van der Waals surface area contributed by atoms with Crippen molar-refractivity contribution in [2.45, 2.75) is 31.7 Å². The zero-order chi connectivity index (χ0) is 14.7. The van der Waals surface area contributed by atoms with Crippen molar-refractivity contribution in [3.8, 4) is 0 Å². The van der Waals surface area contributed by atoms with Crippen LogP contribution in [0.3, 0.4) is 0 Å². The third-order valence-corrected chi connectivity index (χ3v) is 3.88. The maximum atomic E-state index is 12.1. The van der Waals surface area contributed by atoms with Crippen LogP contribution in [-0.2, 0) is 4.74 Å². The Morgan fingerprint density at radius 1 is 1.33 bits per heavy atom. The Balaban J connectivity index is 1.64. The summed E-state index contributed by atoms with van der Waals surface area (Å²) < 4.78 is 6.29. The second kappa shape index (κ2) is 6.13. The summed E-state index contributed by atoms with van der Waals surface area (Å²) in [6, 6.07) is 7.48. The molecule has 1 aliphatic rings. The number of nitrogens with zero attached hydrogens (tertiary/aromatic N) is 1. The minimum absolute atomic E-state index is 0.322. The monoisotopic (exact) mass is 289 g/mol. The molecule has 0 radical (unpaired) electrons. The van der Waals surface area contributed by atoms with Crippen molar-refractivity contribution < 1.29 is 9.53 Å². The molecule has 0 saturated carbocycles. The third kappa shape index (κ3) is 3.00. The van der Waals surface area contributed by atoms with Gasteiger partial charge in [-0.3, -0.25) is 0 Å². The molecule has 112 valence electrons. The molecule has 1 fully saturated rings. The van der Waals surface area contributed by atoms with Gasteiger partial charge in [0, 0.05) is 6.04 Å². The van der Waals surface area contributed by atoms with Crippen LogP contribution in [-0.4, -0.2) is 34.8 Å². The van der Waals surface area contributed by atoms with Crippen molar-refractivity contribution in [1.29, 1.82) is 0 Å². The molecule has 0 spiro atoms. The van der Waals surface area contributed by atoms with Crippen LogP contribution in [0.2, 0.25) is 0 Å². The SMILES string of the molecule is O=C(OCCC1CCCCN1)n1c(=O)[nH]c2ccccc21. The first-order valence-corrected chi connectivity index (χ1v) is 7.36. The average Bonchev–Trinajstić information content (AvgIpc) is 2.84. The first-order chi connectivity index (χ1) is 10.3. The van der Waals surface area contributed by atoms with Crippen molar-refractivity contribution in [2.24, 2.45) is 0 Å². The van der Waals surface area contributed by atoms with Crippen LogP contribution in [0.1, 0.15) is 25.7 Å². The van der Waals surface area contributed by atoms with Crippen molar-refractivity contribution in [2.75, 3.05) is 13.2 Å². The zero-order valence-electron chi connectivity index (χ0n) is 11.8. The molecule has 1 unspecified atom stereocenters. The van der Waals surface area contributed by atoms with Crippen molar-refractivity contribution in [3.63, 3.8) is 0 Å². The Bertz CT molecular complexity index is 683. The fourth-order valence-electron chi connectivity index (χ4n) is 2.76. The molecule has 1 aromatic carbocycles. The highest BCUT2D eigenvalue weighted by Gasteiger charge is 2.16. The smallest absolute Gasteiger partial charge is 0.422 e. The molecule has 2 heterocycles. The number of carbonyl (C=O) groups excluding carboxylic acids is 1. The Hall–Kier alpha value is -2.08. The third-order valence-electron chi connectivity index (χ3n) is 3.88. The Morgan fingerprint density at radius 3 is 3.00 bits per heavy atom. The molecule has 0 aliphatic carbocycles. The molecule has 3 rings (SSSR count). The first kappa shape index (κ1) is 13.9. The van der Waals surface area contributed by atoms with Crippen LogP contribution in [0.25, 0.3) is 11.0 Å². The van der Waals surface area contributed by atoms with E-state index >= 15 is 0 Å². The number of nitrogens with one attached hydrogen (secondary N) is 2. The van der Waals surface area contributed by atoms with E-state index in [1.165, 1.54) is 12.8 Å². The number of fused-ring (bicyclic) bond motifs is 1. The highest BCUT2D eigenvalue weighted by atomic mass is 16.5. The quantitative estimate of drug-likeness (QED) is 0.904. The highest BCUT2D eigenvalue weighted by Crippen LogP contribution is 2.11. The number of ether oxygens (including phenoxy) is 1. The van der Waals surface area contributed by atoms with Gasteiger partial charge in [0.15, 0.2) is 0 Å². The number of carbonyl (C=O) groups is 1. The minimum Gasteiger partial charge on any atom is -0.449 e. The maximum absolute atomic E-state index is 12.1. The van der Waals surface area contributed by atoms with Gasteiger partial charge in [0.2, 0.25) is 0 Å². The lowest BCUT2D eigenvalue weighted by molar-refractivity contribution is 0.140. The zero-order valence-corrected chi connectivity index (χ0v) is 11.8. The van der Waals surface area contributed by atoms with E-state index < -0.39 is 11.8 Å². The number of benzene rings is 1. The number of piperidine rings is 1. The molecule has 6 heteroatoms. The van der Waals surface area contributed by atoms with Crippen LogP contribution >= 0.6 is 0 Å². The molecule has 0 amide bonds. The van der Waals surface area contributed by atoms with Gasteiger partial charge < -0.3 is 15.0 Å². The first-order valence-electron chi connectivity index (χ1n) is 7.36. The van der Waals surface area contributed by atoms with E-state index in [-0.39, 0.29) is 0 Å². The molecular weight excluding hydrogens is 270 g/mol. The van der Waals surface area contributed by atoms with Crippen molar-refractivity contribution in [3.05, 3.63) is 34.7 Å². The number of imidazole rings is 1. The normalized spacial score (nSPS) is 18.8. The van der Waals surface area contributed by atoms with Crippen LogP contribution in [0.4, 0.5) is 4.79 Å². The molecule has 1 atom stereocenters. The lowest BCUT2D eigenvalue weighted by atomic mass is 10.0. The fourth-order valence-corrected chi connectivity index (χ4v) is 2.76. The molecule has 1 aliphatic heterocycles. The van der Waals surface area contributed by atoms with E-state index in [0.717, 1.165) is 24.0 Å². The summed E-state index contributed by atoms with van der Waals surface area (Å²) in [6.45, 7) is 1.35. The summed E-state index contributed by atoms with van der Waals surface area (Å²) in [5.41, 5.74) is 0.716. The number of rotatable bonds is 3. The van der Waals surface area contributed by atoms with Crippen LogP contribution in [0, 0.1) is 0 Å². The van der Waals surface area contributed by atoms with E-state index in [1.807, 2.05) is 6.07 Å². The fraction of sp³-hybridized carbons (Fsp3) is 0.467. The Labute approximate surface area is 122 Å². The van der Waals surface area contributed by atoms with Gasteiger partial charge in [0.25, 0.3) is 0 Å². The van der Waals surface area contributed by atoms with Gasteiger partial charge in [0.05, 0.1) is 17.6 Å². The van der Waals surface area contributed by atoms with Gasteiger partial charge in [-0.05, 0) is 37.9 Å². The molecule has 0 bridgehead atoms. The predicted molar refractivity (Wildman–Crippen MR) is 79.6 cm³/mol. The van der Waals surface area contributed by atoms with E-state index in [9.17, 15) is 9.59 Å². The van der Waals surface area contributed by atoms with Gasteiger partial charge in [-0.15, -0.1) is 0 Å². The lowest BCUT2D eigenvalue weighted by Crippen LogP contribution is -2.35. The Kier molecular flexibility index (Phi) is 4.06. The van der Waals surface area contributed by atoms with Crippen LogP contribution in [0.15, 0.2) is 29.1 Å². The van der Waals surface area contributed by atoms with E-state index in [0.29, 0.717) is 23.7 Å².